The van der Waals surface area contributed by atoms with Crippen LogP contribution in [0, 0.1) is 0 Å². The lowest BCUT2D eigenvalue weighted by atomic mass is 10.1. The fraction of sp³-hybridized carbons (Fsp3) is 0.333. The van der Waals surface area contributed by atoms with Crippen LogP contribution in [0.4, 0.5) is 13.2 Å². The number of halogens is 3. The number of carbonyl (C=O) groups excluding carboxylic acids is 1. The Morgan fingerprint density at radius 3 is 2.59 bits per heavy atom. The first-order valence-electron chi connectivity index (χ1n) is 9.93. The van der Waals surface area contributed by atoms with Crippen molar-refractivity contribution in [1.82, 2.24) is 15.2 Å². The van der Waals surface area contributed by atoms with E-state index in [9.17, 15) is 18.0 Å². The molecule has 0 fully saturated rings. The molecule has 2 heterocycles. The Kier molecular flexibility index (Phi) is 7.09. The number of benzene rings is 1. The van der Waals surface area contributed by atoms with Gasteiger partial charge in [-0.25, -0.2) is 0 Å². The van der Waals surface area contributed by atoms with Gasteiger partial charge in [-0.2, -0.15) is 18.2 Å². The van der Waals surface area contributed by atoms with E-state index in [4.69, 9.17) is 10.5 Å². The first-order valence-corrected chi connectivity index (χ1v) is 10.7. The number of thiophene rings is 1. The number of nitrogens with two attached hydrogens (primary N) is 1. The maximum Gasteiger partial charge on any atom is 0.417 e. The van der Waals surface area contributed by atoms with Crippen LogP contribution < -0.4 is 15.8 Å². The number of alkyl halides is 3. The van der Waals surface area contributed by atoms with Crippen molar-refractivity contribution in [3.63, 3.8) is 0 Å². The van der Waals surface area contributed by atoms with Crippen LogP contribution in [0.15, 0.2) is 35.3 Å². The predicted octanol–water partition coefficient (Wildman–Crippen LogP) is 4.56. The highest BCUT2D eigenvalue weighted by Gasteiger charge is 2.34. The maximum absolute atomic E-state index is 13.7. The van der Waals surface area contributed by atoms with Gasteiger partial charge in [-0.05, 0) is 37.4 Å². The summed E-state index contributed by atoms with van der Waals surface area (Å²) in [6.07, 6.45) is -4.64. The lowest BCUT2D eigenvalue weighted by Crippen LogP contribution is -2.28. The number of nitrogens with zero attached hydrogens (tertiary/aromatic N) is 2. The minimum Gasteiger partial charge on any atom is -0.447 e. The molecule has 4 N–H and O–H groups in total. The quantitative estimate of drug-likeness (QED) is 0.350. The fourth-order valence-corrected chi connectivity index (χ4v) is 4.04. The third-order valence-electron chi connectivity index (χ3n) is 4.85. The largest absolute Gasteiger partial charge is 0.447 e. The van der Waals surface area contributed by atoms with Crippen molar-refractivity contribution in [3.8, 4) is 10.8 Å². The zero-order chi connectivity index (χ0) is 23.5. The second-order valence-electron chi connectivity index (χ2n) is 6.95. The van der Waals surface area contributed by atoms with Crippen molar-refractivity contribution < 1.29 is 22.7 Å². The number of guanidine groups is 1. The van der Waals surface area contributed by atoms with Crippen molar-refractivity contribution in [2.45, 2.75) is 26.6 Å². The highest BCUT2D eigenvalue weighted by Crippen LogP contribution is 2.40. The Balaban J connectivity index is 1.95. The zero-order valence-corrected chi connectivity index (χ0v) is 18.7. The minimum absolute atomic E-state index is 0.0140. The first kappa shape index (κ1) is 23.6. The highest BCUT2D eigenvalue weighted by molar-refractivity contribution is 7.13. The molecule has 0 atom stereocenters. The smallest absolute Gasteiger partial charge is 0.417 e. The second kappa shape index (κ2) is 9.61. The Morgan fingerprint density at radius 1 is 1.25 bits per heavy atom. The molecule has 11 heteroatoms. The predicted molar refractivity (Wildman–Crippen MR) is 119 cm³/mol. The minimum atomic E-state index is -4.64. The van der Waals surface area contributed by atoms with E-state index in [2.05, 4.69) is 34.0 Å². The Hall–Kier alpha value is -3.05. The third-order valence-corrected chi connectivity index (χ3v) is 5.80. The molecule has 2 aromatic heterocycles. The fourth-order valence-electron chi connectivity index (χ4n) is 3.13. The van der Waals surface area contributed by atoms with Gasteiger partial charge in [-0.1, -0.05) is 13.8 Å². The number of ether oxygens (including phenoxy) is 1. The number of aliphatic imine (C=N–C) groups is 1. The van der Waals surface area contributed by atoms with Crippen LogP contribution in [0.25, 0.3) is 10.9 Å². The topological polar surface area (TPSA) is 95.7 Å². The number of hydrogen-bond donors (Lipinski definition) is 3. The van der Waals surface area contributed by atoms with E-state index in [1.165, 1.54) is 24.5 Å². The van der Waals surface area contributed by atoms with Crippen LogP contribution >= 0.6 is 11.3 Å². The lowest BCUT2D eigenvalue weighted by Gasteiger charge is -2.16. The van der Waals surface area contributed by atoms with Gasteiger partial charge in [0.15, 0.2) is 11.0 Å². The molecule has 0 spiro atoms. The molecule has 0 unspecified atom stereocenters. The number of fused-ring (bicyclic) bond motifs is 1. The Morgan fingerprint density at radius 2 is 1.97 bits per heavy atom. The lowest BCUT2D eigenvalue weighted by molar-refractivity contribution is -0.136. The van der Waals surface area contributed by atoms with Gasteiger partial charge in [0.2, 0.25) is 0 Å². The highest BCUT2D eigenvalue weighted by atomic mass is 32.1. The molecule has 0 saturated carbocycles. The van der Waals surface area contributed by atoms with Crippen LogP contribution in [0.3, 0.4) is 0 Å². The van der Waals surface area contributed by atoms with Crippen molar-refractivity contribution in [2.75, 3.05) is 20.1 Å². The average Bonchev–Trinajstić information content (AvgIpc) is 3.37. The third kappa shape index (κ3) is 5.40. The number of H-pyrrole nitrogens is 1. The summed E-state index contributed by atoms with van der Waals surface area (Å²) in [6.45, 7) is 6.67. The number of aromatic nitrogens is 1. The van der Waals surface area contributed by atoms with Crippen molar-refractivity contribution in [2.24, 2.45) is 10.7 Å². The number of carbonyl (C=O) groups is 1. The van der Waals surface area contributed by atoms with Crippen LogP contribution in [-0.2, 0) is 12.7 Å². The summed E-state index contributed by atoms with van der Waals surface area (Å²) in [7, 11) is 1.47. The monoisotopic (exact) mass is 467 g/mol. The van der Waals surface area contributed by atoms with Gasteiger partial charge in [0, 0.05) is 29.9 Å². The van der Waals surface area contributed by atoms with E-state index in [1.807, 2.05) is 6.07 Å². The Bertz CT molecular complexity index is 1130. The molecule has 0 aliphatic carbocycles. The molecule has 32 heavy (non-hydrogen) atoms. The molecule has 0 radical (unpaired) electrons. The number of amides is 1. The van der Waals surface area contributed by atoms with Crippen LogP contribution in [0.2, 0.25) is 0 Å². The molecule has 1 amide bonds. The molecule has 0 bridgehead atoms. The van der Waals surface area contributed by atoms with E-state index in [1.54, 1.807) is 6.07 Å². The van der Waals surface area contributed by atoms with Crippen molar-refractivity contribution in [3.05, 3.63) is 46.5 Å². The maximum atomic E-state index is 13.7. The molecule has 7 nitrogen and oxygen atoms in total. The summed E-state index contributed by atoms with van der Waals surface area (Å²) in [5.74, 6) is -0.921. The molecule has 0 aliphatic rings. The van der Waals surface area contributed by atoms with E-state index < -0.39 is 17.6 Å². The summed E-state index contributed by atoms with van der Waals surface area (Å²) in [4.78, 5) is 21.8. The van der Waals surface area contributed by atoms with E-state index in [-0.39, 0.29) is 28.3 Å². The summed E-state index contributed by atoms with van der Waals surface area (Å²) >= 11 is 1.38. The molecule has 1 aromatic carbocycles. The summed E-state index contributed by atoms with van der Waals surface area (Å²) in [5.41, 5.74) is 4.55. The molecule has 3 rings (SSSR count). The van der Waals surface area contributed by atoms with Crippen LogP contribution in [0.1, 0.15) is 34.8 Å². The van der Waals surface area contributed by atoms with Gasteiger partial charge >= 0.3 is 6.18 Å². The summed E-state index contributed by atoms with van der Waals surface area (Å²) < 4.78 is 46.9. The molecule has 172 valence electrons. The number of aromatic amines is 1. The van der Waals surface area contributed by atoms with Gasteiger partial charge in [0.05, 0.1) is 11.1 Å². The van der Waals surface area contributed by atoms with Crippen molar-refractivity contribution in [1.29, 1.82) is 0 Å². The number of rotatable bonds is 7. The van der Waals surface area contributed by atoms with Gasteiger partial charge in [0.25, 0.3) is 5.91 Å². The number of nitrogens with one attached hydrogen (secondary N) is 2. The van der Waals surface area contributed by atoms with Crippen LogP contribution in [-0.4, -0.2) is 41.9 Å². The molecule has 3 aromatic rings. The summed E-state index contributed by atoms with van der Waals surface area (Å²) in [6, 6.07) is 7.11. The summed E-state index contributed by atoms with van der Waals surface area (Å²) in [5, 5.41) is 2.81. The second-order valence-corrected chi connectivity index (χ2v) is 8.08. The standard InChI is InChI=1S/C21H24F3N5O2S/c1-4-29(5-2)11-13-6-7-18(32-13)31-12-8-15(21(22,23)24)14-10-17(27-16(14)9-12)19(30)28-20(25)26-3/h6-10,27H,4-5,11H2,1-3H3,(H3,25,26,28,30). The molecular formula is C21H24F3N5O2S. The number of hydrogen-bond acceptors (Lipinski definition) is 4. The normalized spacial score (nSPS) is 12.5. The van der Waals surface area contributed by atoms with Crippen molar-refractivity contribution >= 4 is 34.1 Å². The van der Waals surface area contributed by atoms with Gasteiger partial charge in [0.1, 0.15) is 11.4 Å². The van der Waals surface area contributed by atoms with E-state index >= 15 is 0 Å². The SMILES string of the molecule is CCN(CC)Cc1ccc(Oc2cc(C(F)(F)F)c3cc(C(=O)N=C(N)NC)[nH]c3c2)s1. The zero-order valence-electron chi connectivity index (χ0n) is 17.8. The van der Waals surface area contributed by atoms with E-state index in [0.29, 0.717) is 5.06 Å². The van der Waals surface area contributed by atoms with Gasteiger partial charge in [-0.15, -0.1) is 11.3 Å². The molecular weight excluding hydrogens is 443 g/mol. The van der Waals surface area contributed by atoms with Crippen LogP contribution in [0.5, 0.6) is 10.8 Å². The van der Waals surface area contributed by atoms with E-state index in [0.717, 1.165) is 36.6 Å². The average molecular weight is 468 g/mol. The van der Waals surface area contributed by atoms with Gasteiger partial charge in [-0.3, -0.25) is 9.69 Å². The first-order chi connectivity index (χ1) is 15.1. The van der Waals surface area contributed by atoms with Gasteiger partial charge < -0.3 is 20.8 Å². The Labute approximate surface area is 187 Å². The molecule has 0 saturated heterocycles. The molecule has 0 aliphatic heterocycles.